The number of thioether (sulfide) groups is 1. The molecule has 4 aliphatic heterocycles. The second kappa shape index (κ2) is 26.1. The summed E-state index contributed by atoms with van der Waals surface area (Å²) in [5, 5.41) is 30.9. The zero-order chi connectivity index (χ0) is 60.2. The molecule has 13 atom stereocenters. The lowest BCUT2D eigenvalue weighted by Crippen LogP contribution is -2.42. The molecule has 33 nitrogen and oxygen atoms in total. The number of thiazole rings is 2. The minimum atomic E-state index is -1.27. The summed E-state index contributed by atoms with van der Waals surface area (Å²) in [6.07, 6.45) is -8.98. The Labute approximate surface area is 474 Å². The van der Waals surface area contributed by atoms with Crippen molar-refractivity contribution in [1.82, 2.24) is 39.0 Å². The Hall–Kier alpha value is -7.55. The number of aliphatic hydroxyl groups excluding tert-OH is 3. The summed E-state index contributed by atoms with van der Waals surface area (Å²) < 4.78 is 51.6. The smallest absolute Gasteiger partial charge is 0.323 e. The van der Waals surface area contributed by atoms with Gasteiger partial charge in [0.2, 0.25) is 17.8 Å². The highest BCUT2D eigenvalue weighted by Crippen LogP contribution is 2.47. The average molecular weight is 1210 g/mol. The molecule has 0 radical (unpaired) electrons. The number of nitrogens with zero attached hydrogens (tertiary/aromatic N) is 9. The van der Waals surface area contributed by atoms with Crippen molar-refractivity contribution in [3.63, 3.8) is 0 Å². The van der Waals surface area contributed by atoms with Crippen molar-refractivity contribution >= 4 is 115 Å². The van der Waals surface area contributed by atoms with Crippen molar-refractivity contribution in [2.24, 2.45) is 11.7 Å². The van der Waals surface area contributed by atoms with E-state index in [1.807, 2.05) is 0 Å². The van der Waals surface area contributed by atoms with Crippen LogP contribution in [0.1, 0.15) is 60.9 Å². The summed E-state index contributed by atoms with van der Waals surface area (Å²) in [5.74, 6) is -3.55. The van der Waals surface area contributed by atoms with Crippen LogP contribution in [0.3, 0.4) is 0 Å². The summed E-state index contributed by atoms with van der Waals surface area (Å²) >= 11 is 3.00. The van der Waals surface area contributed by atoms with Gasteiger partial charge < -0.3 is 80.9 Å². The zero-order valence-electron chi connectivity index (χ0n) is 44.5. The van der Waals surface area contributed by atoms with E-state index in [9.17, 15) is 53.7 Å². The molecule has 11 N–H and O–H groups in total. The quantitative estimate of drug-likeness (QED) is 0.0484. The van der Waals surface area contributed by atoms with Crippen molar-refractivity contribution in [2.75, 3.05) is 41.9 Å². The van der Waals surface area contributed by atoms with E-state index in [0.29, 0.717) is 25.1 Å². The predicted molar refractivity (Wildman–Crippen MR) is 284 cm³/mol. The van der Waals surface area contributed by atoms with Crippen molar-refractivity contribution < 1.29 is 86.7 Å². The molecule has 3 saturated heterocycles. The molecule has 0 aliphatic carbocycles. The van der Waals surface area contributed by atoms with E-state index in [1.54, 1.807) is 24.9 Å². The van der Waals surface area contributed by atoms with Crippen LogP contribution in [0.15, 0.2) is 44.7 Å². The van der Waals surface area contributed by atoms with Gasteiger partial charge >= 0.3 is 45.6 Å². The molecule has 9 heterocycles. The first kappa shape index (κ1) is 62.1. The van der Waals surface area contributed by atoms with Gasteiger partial charge in [0.1, 0.15) is 49.8 Å². The number of nitrogens with two attached hydrogens (primary N) is 4. The van der Waals surface area contributed by atoms with E-state index in [4.69, 9.17) is 65.6 Å². The lowest BCUT2D eigenvalue weighted by molar-refractivity contribution is -0.166. The fraction of sp³-hybridized carbons (Fsp3) is 0.522. The maximum absolute atomic E-state index is 12.6. The lowest BCUT2D eigenvalue weighted by atomic mass is 10.1. The van der Waals surface area contributed by atoms with Crippen molar-refractivity contribution in [3.8, 4) is 0 Å². The number of carbonyl (C=O) groups excluding carboxylic acids is 6. The van der Waals surface area contributed by atoms with Crippen molar-refractivity contribution in [2.45, 2.75) is 133 Å². The lowest BCUT2D eigenvalue weighted by Gasteiger charge is -2.27. The number of ether oxygens (including phenoxy) is 9. The second-order valence-electron chi connectivity index (χ2n) is 18.4. The second-order valence-corrected chi connectivity index (χ2v) is 21.5. The van der Waals surface area contributed by atoms with E-state index in [1.165, 1.54) is 51.9 Å². The van der Waals surface area contributed by atoms with Gasteiger partial charge in [-0.05, 0) is 5.92 Å². The normalized spacial score (nSPS) is 25.8. The van der Waals surface area contributed by atoms with Crippen molar-refractivity contribution in [1.29, 1.82) is 0 Å². The highest BCUT2D eigenvalue weighted by atomic mass is 32.2. The molecule has 0 aromatic carbocycles. The van der Waals surface area contributed by atoms with Gasteiger partial charge in [0.05, 0.1) is 38.3 Å². The minimum Gasteiger partial charge on any atom is -0.463 e. The number of esters is 6. The number of hydrogen-bond donors (Lipinski definition) is 7. The molecule has 0 spiro atoms. The molecule has 0 unspecified atom stereocenters. The fourth-order valence-electron chi connectivity index (χ4n) is 8.55. The molecule has 0 amide bonds. The molecule has 0 bridgehead atoms. The Balaban J connectivity index is 0.000000177. The Morgan fingerprint density at radius 1 is 0.634 bits per heavy atom. The van der Waals surface area contributed by atoms with Gasteiger partial charge in [-0.15, -0.1) is 0 Å². The Bertz CT molecular complexity index is 3360. The van der Waals surface area contributed by atoms with Gasteiger partial charge in [-0.3, -0.25) is 52.4 Å². The molecular formula is C46H57N13O20S3. The summed E-state index contributed by atoms with van der Waals surface area (Å²) in [6.45, 7) is 12.4. The van der Waals surface area contributed by atoms with Gasteiger partial charge in [-0.2, -0.15) is 15.0 Å². The molecule has 3 fully saturated rings. The van der Waals surface area contributed by atoms with Crippen LogP contribution in [0.2, 0.25) is 0 Å². The standard InChI is InChI=1S/C16H23N5O5S.C16H18N4O8S.C14H16N4O7S/c1-6(2)10(17)15(24)25-5-8-11(22)12(23)14(26-8)21-7(3)27-9-4-19-16(18)20-13(9)21;1-6(21)25-5-9-11(26-7(2)22)12(27-8(3)23)14(28-9)20-13-10(29-16(20)24)4-18-15(17)19-13;1-5(20)23-9-7(4-19)25-12(10(9)24-6(2)21)18-11-8(26-14(18)22)3-16-13(15)17-11/h4,6,8,10-12,14,22-23H,3,5,17H2,1-2H3,(H2,18,19,20);4,9,11-12,14H,5H2,1-3H3,(H2,17,18,19);3,7,9-10,12,19H,4H2,1-2H3,(H2,15,16,17)/t8-,10+,11-,12-,14-;9-,11-,12-,14-;7-,9-,10-,12-/m111/s1. The fourth-order valence-corrected chi connectivity index (χ4v) is 11.1. The van der Waals surface area contributed by atoms with Gasteiger partial charge in [0, 0.05) is 40.8 Å². The number of fused-ring (bicyclic) bond motifs is 3. The molecule has 9 rings (SSSR count). The molecule has 444 valence electrons. The summed E-state index contributed by atoms with van der Waals surface area (Å²) in [5.41, 5.74) is 23.0. The third-order valence-electron chi connectivity index (χ3n) is 12.1. The van der Waals surface area contributed by atoms with Gasteiger partial charge in [-0.1, -0.05) is 54.9 Å². The molecule has 0 saturated carbocycles. The number of aromatic nitrogens is 8. The van der Waals surface area contributed by atoms with E-state index in [0.717, 1.165) is 38.7 Å². The van der Waals surface area contributed by atoms with Crippen LogP contribution in [-0.2, 0) is 71.4 Å². The predicted octanol–water partition coefficient (Wildman–Crippen LogP) is -1.64. The van der Waals surface area contributed by atoms with E-state index in [2.05, 4.69) is 36.5 Å². The third kappa shape index (κ3) is 13.8. The van der Waals surface area contributed by atoms with Crippen LogP contribution in [0.25, 0.3) is 20.7 Å². The average Bonchev–Trinajstić information content (AvgIpc) is 4.44. The summed E-state index contributed by atoms with van der Waals surface area (Å²) in [6, 6.07) is -0.773. The van der Waals surface area contributed by atoms with Gasteiger partial charge in [-0.25, -0.2) is 15.0 Å². The van der Waals surface area contributed by atoms with Crippen molar-refractivity contribution in [3.05, 3.63) is 49.5 Å². The molecule has 36 heteroatoms. The largest absolute Gasteiger partial charge is 0.463 e. The van der Waals surface area contributed by atoms with Crippen LogP contribution in [-0.4, -0.2) is 177 Å². The van der Waals surface area contributed by atoms with Crippen LogP contribution in [0.5, 0.6) is 0 Å². The van der Waals surface area contributed by atoms with Crippen LogP contribution < -0.4 is 37.6 Å². The third-order valence-corrected chi connectivity index (χ3v) is 14.8. The highest BCUT2D eigenvalue weighted by molar-refractivity contribution is 8.03. The van der Waals surface area contributed by atoms with Gasteiger partial charge in [0.15, 0.2) is 60.2 Å². The van der Waals surface area contributed by atoms with Gasteiger partial charge in [0.25, 0.3) is 0 Å². The molecule has 5 aromatic rings. The van der Waals surface area contributed by atoms with Crippen LogP contribution >= 0.6 is 34.4 Å². The van der Waals surface area contributed by atoms with E-state index < -0.39 is 132 Å². The first-order valence-electron chi connectivity index (χ1n) is 24.4. The number of aliphatic hydroxyl groups is 3. The summed E-state index contributed by atoms with van der Waals surface area (Å²) in [7, 11) is 0. The first-order chi connectivity index (χ1) is 38.7. The number of hydrogen-bond acceptors (Lipinski definition) is 34. The molecule has 4 aliphatic rings. The van der Waals surface area contributed by atoms with E-state index >= 15 is 0 Å². The Morgan fingerprint density at radius 2 is 1.07 bits per heavy atom. The number of carbonyl (C=O) groups is 6. The summed E-state index contributed by atoms with van der Waals surface area (Å²) in [4.78, 5) is 120. The number of rotatable bonds is 14. The van der Waals surface area contributed by atoms with E-state index in [-0.39, 0.29) is 48.3 Å². The number of anilines is 4. The minimum absolute atomic E-state index is 0.0543. The molecular weight excluding hydrogens is 1150 g/mol. The topological polar surface area (TPSA) is 475 Å². The highest BCUT2D eigenvalue weighted by Gasteiger charge is 2.53. The maximum atomic E-state index is 12.6. The first-order valence-corrected chi connectivity index (χ1v) is 26.9. The molecule has 5 aromatic heterocycles. The Morgan fingerprint density at radius 3 is 1.55 bits per heavy atom. The van der Waals surface area contributed by atoms with Crippen LogP contribution in [0, 0.1) is 5.92 Å². The van der Waals surface area contributed by atoms with Crippen LogP contribution in [0.4, 0.5) is 23.7 Å². The zero-order valence-corrected chi connectivity index (χ0v) is 46.9. The molecule has 82 heavy (non-hydrogen) atoms. The maximum Gasteiger partial charge on any atom is 0.323 e. The number of nitrogen functional groups attached to an aromatic ring is 3. The SMILES string of the molecule is C=C1Sc2cnc(N)nc2N1[C@@H]1O[C@H](COC(=O)[C@@H](N)C(C)C)[C@@H](O)[C@H]1O.CC(=O)OC[C@H]1O[C@@H](n2c(=O)sc3cnc(N)nc32)[C@H](OC(C)=O)[C@@H]1OC(C)=O.CC(=O)O[C@@H]1[C@H](OC(C)=O)[C@@H](CO)O[C@H]1n1c(=O)sc2cnc(N)nc21. The monoisotopic (exact) mass is 1210 g/mol. The Kier molecular flexibility index (Phi) is 19.8.